The Balaban J connectivity index is 1.48. The summed E-state index contributed by atoms with van der Waals surface area (Å²) in [6, 6.07) is 11.8. The average Bonchev–Trinajstić information content (AvgIpc) is 2.71. The Labute approximate surface area is 186 Å². The van der Waals surface area contributed by atoms with E-state index < -0.39 is 6.10 Å². The molecule has 2 aromatic rings. The van der Waals surface area contributed by atoms with Crippen LogP contribution < -0.4 is 10.1 Å². The summed E-state index contributed by atoms with van der Waals surface area (Å²) in [7, 11) is 0. The Morgan fingerprint density at radius 2 is 1.97 bits per heavy atom. The van der Waals surface area contributed by atoms with E-state index in [4.69, 9.17) is 16.3 Å². The first-order valence-corrected chi connectivity index (χ1v) is 10.3. The number of carbonyl (C=O) groups excluding carboxylic acids is 2. The normalized spacial score (nSPS) is 15.6. The zero-order valence-electron chi connectivity index (χ0n) is 17.3. The van der Waals surface area contributed by atoms with Crippen LogP contribution in [0.25, 0.3) is 0 Å². The summed E-state index contributed by atoms with van der Waals surface area (Å²) in [6.07, 6.45) is -0.917. The van der Waals surface area contributed by atoms with Crippen molar-refractivity contribution in [3.8, 4) is 11.5 Å². The SMILES string of the molecule is CC(=O)Nc1ccc(O)cc1OC[C@@H](O)CN1CCN(Cc2ccc(Cl)cc2)CC1=O. The Morgan fingerprint density at radius 1 is 1.23 bits per heavy atom. The predicted octanol–water partition coefficient (Wildman–Crippen LogP) is 2.09. The zero-order valence-corrected chi connectivity index (χ0v) is 18.0. The van der Waals surface area contributed by atoms with Crippen molar-refractivity contribution in [1.82, 2.24) is 9.80 Å². The number of aliphatic hydroxyl groups is 1. The predicted molar refractivity (Wildman–Crippen MR) is 117 cm³/mol. The standard InChI is InChI=1S/C22H26ClN3O5/c1-15(27)24-20-7-6-18(28)10-21(20)31-14-19(29)12-26-9-8-25(13-22(26)30)11-16-2-4-17(23)5-3-16/h2-7,10,19,28-29H,8-9,11-14H2,1H3,(H,24,27)/t19-/m0/s1. The van der Waals surface area contributed by atoms with E-state index in [0.29, 0.717) is 30.3 Å². The maximum atomic E-state index is 12.5. The number of rotatable bonds is 8. The molecule has 0 radical (unpaired) electrons. The van der Waals surface area contributed by atoms with Gasteiger partial charge in [0.15, 0.2) is 0 Å². The minimum atomic E-state index is -0.917. The van der Waals surface area contributed by atoms with Gasteiger partial charge in [0.1, 0.15) is 24.2 Å². The van der Waals surface area contributed by atoms with Gasteiger partial charge in [-0.2, -0.15) is 0 Å². The number of hydrogen-bond donors (Lipinski definition) is 3. The minimum Gasteiger partial charge on any atom is -0.508 e. The first-order valence-electron chi connectivity index (χ1n) is 9.96. The third-order valence-electron chi connectivity index (χ3n) is 4.86. The molecule has 0 saturated carbocycles. The lowest BCUT2D eigenvalue weighted by Crippen LogP contribution is -2.52. The van der Waals surface area contributed by atoms with Crippen LogP contribution in [-0.4, -0.2) is 70.7 Å². The Kier molecular flexibility index (Phi) is 7.73. The second-order valence-corrected chi connectivity index (χ2v) is 7.94. The summed E-state index contributed by atoms with van der Waals surface area (Å²) in [4.78, 5) is 27.5. The van der Waals surface area contributed by atoms with Gasteiger partial charge in [-0.1, -0.05) is 23.7 Å². The highest BCUT2D eigenvalue weighted by Crippen LogP contribution is 2.29. The molecule has 1 fully saturated rings. The molecule has 1 heterocycles. The monoisotopic (exact) mass is 447 g/mol. The van der Waals surface area contributed by atoms with Crippen molar-refractivity contribution in [2.24, 2.45) is 0 Å². The number of carbonyl (C=O) groups is 2. The number of aromatic hydroxyl groups is 1. The molecule has 1 aliphatic rings. The van der Waals surface area contributed by atoms with Gasteiger partial charge < -0.3 is 25.2 Å². The van der Waals surface area contributed by atoms with Gasteiger partial charge in [0, 0.05) is 44.2 Å². The highest BCUT2D eigenvalue weighted by atomic mass is 35.5. The van der Waals surface area contributed by atoms with Crippen LogP contribution >= 0.6 is 11.6 Å². The van der Waals surface area contributed by atoms with Gasteiger partial charge in [-0.3, -0.25) is 14.5 Å². The van der Waals surface area contributed by atoms with Crippen LogP contribution in [0.15, 0.2) is 42.5 Å². The maximum absolute atomic E-state index is 12.5. The second-order valence-electron chi connectivity index (χ2n) is 7.50. The highest BCUT2D eigenvalue weighted by Gasteiger charge is 2.26. The molecule has 2 aromatic carbocycles. The molecule has 2 amide bonds. The number of nitrogens with one attached hydrogen (secondary N) is 1. The highest BCUT2D eigenvalue weighted by molar-refractivity contribution is 6.30. The first kappa shape index (κ1) is 22.9. The van der Waals surface area contributed by atoms with Crippen LogP contribution in [0.3, 0.4) is 0 Å². The average molecular weight is 448 g/mol. The number of halogens is 1. The van der Waals surface area contributed by atoms with Crippen LogP contribution in [-0.2, 0) is 16.1 Å². The number of anilines is 1. The van der Waals surface area contributed by atoms with Crippen molar-refractivity contribution in [1.29, 1.82) is 0 Å². The van der Waals surface area contributed by atoms with E-state index in [0.717, 1.165) is 5.56 Å². The van der Waals surface area contributed by atoms with Gasteiger partial charge >= 0.3 is 0 Å². The number of hydrogen-bond acceptors (Lipinski definition) is 6. The van der Waals surface area contributed by atoms with Crippen molar-refractivity contribution in [3.05, 3.63) is 53.1 Å². The lowest BCUT2D eigenvalue weighted by molar-refractivity contribution is -0.138. The van der Waals surface area contributed by atoms with Crippen molar-refractivity contribution in [2.45, 2.75) is 19.6 Å². The molecule has 1 atom stereocenters. The zero-order chi connectivity index (χ0) is 22.4. The Bertz CT molecular complexity index is 922. The molecular formula is C22H26ClN3O5. The van der Waals surface area contributed by atoms with Crippen LogP contribution in [0, 0.1) is 0 Å². The number of piperazine rings is 1. The summed E-state index contributed by atoms with van der Waals surface area (Å²) < 4.78 is 5.58. The summed E-state index contributed by atoms with van der Waals surface area (Å²) in [5.74, 6) is -0.118. The van der Waals surface area contributed by atoms with Crippen molar-refractivity contribution >= 4 is 29.1 Å². The largest absolute Gasteiger partial charge is 0.508 e. The number of ether oxygens (including phenoxy) is 1. The number of phenols is 1. The van der Waals surface area contributed by atoms with Crippen LogP contribution in [0.1, 0.15) is 12.5 Å². The van der Waals surface area contributed by atoms with Crippen molar-refractivity contribution < 1.29 is 24.5 Å². The van der Waals surface area contributed by atoms with E-state index in [1.807, 2.05) is 24.3 Å². The molecule has 3 N–H and O–H groups in total. The molecule has 1 saturated heterocycles. The fourth-order valence-electron chi connectivity index (χ4n) is 3.35. The minimum absolute atomic E-state index is 0.0226. The molecule has 31 heavy (non-hydrogen) atoms. The van der Waals surface area contributed by atoms with Crippen molar-refractivity contribution in [3.63, 3.8) is 0 Å². The summed E-state index contributed by atoms with van der Waals surface area (Å²) in [5.41, 5.74) is 1.48. The maximum Gasteiger partial charge on any atom is 0.236 e. The fourth-order valence-corrected chi connectivity index (χ4v) is 3.48. The molecule has 166 valence electrons. The van der Waals surface area contributed by atoms with Gasteiger partial charge in [-0.25, -0.2) is 0 Å². The van der Waals surface area contributed by atoms with Gasteiger partial charge in [0.25, 0.3) is 0 Å². The van der Waals surface area contributed by atoms with E-state index in [1.165, 1.54) is 25.1 Å². The molecule has 0 bridgehead atoms. The smallest absolute Gasteiger partial charge is 0.236 e. The molecule has 1 aliphatic heterocycles. The quantitative estimate of drug-likeness (QED) is 0.535. The third kappa shape index (κ3) is 6.85. The topological polar surface area (TPSA) is 102 Å². The molecule has 0 spiro atoms. The number of phenolic OH excluding ortho intramolecular Hbond substituents is 1. The number of benzene rings is 2. The lowest BCUT2D eigenvalue weighted by Gasteiger charge is -2.35. The van der Waals surface area contributed by atoms with Crippen LogP contribution in [0.5, 0.6) is 11.5 Å². The van der Waals surface area contributed by atoms with E-state index in [-0.39, 0.29) is 43.0 Å². The molecule has 0 aliphatic carbocycles. The van der Waals surface area contributed by atoms with Gasteiger partial charge in [0.05, 0.1) is 12.2 Å². The summed E-state index contributed by atoms with van der Waals surface area (Å²) in [6.45, 7) is 3.55. The summed E-state index contributed by atoms with van der Waals surface area (Å²) >= 11 is 5.91. The lowest BCUT2D eigenvalue weighted by atomic mass is 10.2. The Hall–Kier alpha value is -2.81. The molecule has 0 aromatic heterocycles. The van der Waals surface area contributed by atoms with E-state index in [2.05, 4.69) is 10.2 Å². The summed E-state index contributed by atoms with van der Waals surface area (Å²) in [5, 5.41) is 23.3. The van der Waals surface area contributed by atoms with Gasteiger partial charge in [0.2, 0.25) is 11.8 Å². The third-order valence-corrected chi connectivity index (χ3v) is 5.11. The first-order chi connectivity index (χ1) is 14.8. The number of amides is 2. The van der Waals surface area contributed by atoms with Gasteiger partial charge in [-0.15, -0.1) is 0 Å². The van der Waals surface area contributed by atoms with E-state index in [9.17, 15) is 19.8 Å². The molecule has 3 rings (SSSR count). The molecular weight excluding hydrogens is 422 g/mol. The van der Waals surface area contributed by atoms with Crippen LogP contribution in [0.2, 0.25) is 5.02 Å². The number of aliphatic hydroxyl groups excluding tert-OH is 1. The van der Waals surface area contributed by atoms with Gasteiger partial charge in [-0.05, 0) is 29.8 Å². The fraction of sp³-hybridized carbons (Fsp3) is 0.364. The second kappa shape index (κ2) is 10.5. The molecule has 9 heteroatoms. The Morgan fingerprint density at radius 3 is 2.65 bits per heavy atom. The molecule has 0 unspecified atom stereocenters. The number of β-amino-alcohol motifs (C(OH)–C–C–N with tert-alkyl or cyclic N) is 1. The molecule has 8 nitrogen and oxygen atoms in total. The van der Waals surface area contributed by atoms with Crippen molar-refractivity contribution in [2.75, 3.05) is 38.1 Å². The van der Waals surface area contributed by atoms with E-state index in [1.54, 1.807) is 4.90 Å². The van der Waals surface area contributed by atoms with Crippen LogP contribution in [0.4, 0.5) is 5.69 Å². The van der Waals surface area contributed by atoms with E-state index >= 15 is 0 Å². The number of nitrogens with zero attached hydrogens (tertiary/aromatic N) is 2.